The maximum Gasteiger partial charge on any atom is 0.231 e. The van der Waals surface area contributed by atoms with Crippen molar-refractivity contribution in [3.05, 3.63) is 10.6 Å². The minimum absolute atomic E-state index is 0.0586. The first kappa shape index (κ1) is 15.6. The van der Waals surface area contributed by atoms with Gasteiger partial charge >= 0.3 is 0 Å². The Hall–Kier alpha value is -0.900. The molecule has 0 saturated heterocycles. The Kier molecular flexibility index (Phi) is 3.43. The summed E-state index contributed by atoms with van der Waals surface area (Å²) in [5.41, 5.74) is 1.26. The number of amides is 1. The largest absolute Gasteiger partial charge is 0.302 e. The summed E-state index contributed by atoms with van der Waals surface area (Å²) in [5.74, 6) is 2.84. The standard InChI is InChI=1S/C19H28N2OS/c1-11-15(20-17(23-11)21-16(22)18(2,3)4)19-8-12-5-13(9-19)7-14(6-12)10-19/h12-14H,5-10H2,1-4H3,(H,20,21,22). The number of hydrogen-bond acceptors (Lipinski definition) is 3. The fourth-order valence-electron chi connectivity index (χ4n) is 5.63. The SMILES string of the molecule is Cc1sc(NC(=O)C(C)(C)C)nc1C12CC3CC(CC(C3)C1)C2. The predicted molar refractivity (Wildman–Crippen MR) is 94.8 cm³/mol. The van der Waals surface area contributed by atoms with E-state index in [0.717, 1.165) is 22.9 Å². The molecular weight excluding hydrogens is 304 g/mol. The second kappa shape index (κ2) is 5.05. The molecule has 126 valence electrons. The van der Waals surface area contributed by atoms with Crippen LogP contribution in [0, 0.1) is 30.1 Å². The van der Waals surface area contributed by atoms with Crippen molar-refractivity contribution in [2.24, 2.45) is 23.2 Å². The normalized spacial score (nSPS) is 35.6. The van der Waals surface area contributed by atoms with Gasteiger partial charge in [0.2, 0.25) is 5.91 Å². The number of rotatable bonds is 2. The first-order chi connectivity index (χ1) is 10.7. The summed E-state index contributed by atoms with van der Waals surface area (Å²) in [4.78, 5) is 18.5. The molecule has 0 spiro atoms. The maximum absolute atomic E-state index is 12.3. The molecule has 0 radical (unpaired) electrons. The van der Waals surface area contributed by atoms with Crippen LogP contribution in [0.2, 0.25) is 0 Å². The number of thiazole rings is 1. The highest BCUT2D eigenvalue weighted by Crippen LogP contribution is 2.61. The van der Waals surface area contributed by atoms with Crippen molar-refractivity contribution in [2.75, 3.05) is 5.32 Å². The van der Waals surface area contributed by atoms with Crippen molar-refractivity contribution in [1.82, 2.24) is 4.98 Å². The van der Waals surface area contributed by atoms with Gasteiger partial charge in [0.25, 0.3) is 0 Å². The van der Waals surface area contributed by atoms with E-state index in [1.165, 1.54) is 49.1 Å². The first-order valence-corrected chi connectivity index (χ1v) is 9.86. The summed E-state index contributed by atoms with van der Waals surface area (Å²) in [6, 6.07) is 0. The topological polar surface area (TPSA) is 42.0 Å². The van der Waals surface area contributed by atoms with Crippen molar-refractivity contribution in [2.45, 2.75) is 71.6 Å². The molecule has 4 fully saturated rings. The number of aryl methyl sites for hydroxylation is 1. The molecule has 4 aliphatic rings. The van der Waals surface area contributed by atoms with E-state index in [2.05, 4.69) is 12.2 Å². The lowest BCUT2D eigenvalue weighted by atomic mass is 9.48. The molecular formula is C19H28N2OS. The van der Waals surface area contributed by atoms with Gasteiger partial charge in [0.15, 0.2) is 5.13 Å². The highest BCUT2D eigenvalue weighted by atomic mass is 32.1. The van der Waals surface area contributed by atoms with Crippen LogP contribution in [0.5, 0.6) is 0 Å². The Labute approximate surface area is 143 Å². The third-order valence-electron chi connectivity index (χ3n) is 6.24. The molecule has 1 N–H and O–H groups in total. The van der Waals surface area contributed by atoms with E-state index in [9.17, 15) is 4.79 Å². The number of nitrogens with one attached hydrogen (secondary N) is 1. The average molecular weight is 333 g/mol. The van der Waals surface area contributed by atoms with Crippen molar-refractivity contribution >= 4 is 22.4 Å². The Morgan fingerprint density at radius 1 is 1.13 bits per heavy atom. The molecule has 0 aliphatic heterocycles. The van der Waals surface area contributed by atoms with Gasteiger partial charge in [-0.1, -0.05) is 20.8 Å². The van der Waals surface area contributed by atoms with Gasteiger partial charge in [-0.15, -0.1) is 11.3 Å². The molecule has 1 amide bonds. The fourth-order valence-corrected chi connectivity index (χ4v) is 6.56. The summed E-state index contributed by atoms with van der Waals surface area (Å²) in [6.07, 6.45) is 8.35. The molecule has 1 aromatic rings. The molecule has 4 heteroatoms. The molecule has 5 rings (SSSR count). The van der Waals surface area contributed by atoms with Crippen LogP contribution in [0.3, 0.4) is 0 Å². The average Bonchev–Trinajstić information content (AvgIpc) is 2.77. The van der Waals surface area contributed by atoms with Gasteiger partial charge < -0.3 is 5.32 Å². The summed E-state index contributed by atoms with van der Waals surface area (Å²) in [6.45, 7) is 8.03. The smallest absolute Gasteiger partial charge is 0.231 e. The lowest BCUT2D eigenvalue weighted by molar-refractivity contribution is -0.123. The molecule has 3 nitrogen and oxygen atoms in total. The van der Waals surface area contributed by atoms with Gasteiger partial charge in [-0.05, 0) is 63.2 Å². The third-order valence-corrected chi connectivity index (χ3v) is 7.13. The zero-order chi connectivity index (χ0) is 16.4. The molecule has 4 saturated carbocycles. The lowest BCUT2D eigenvalue weighted by Crippen LogP contribution is -2.49. The summed E-state index contributed by atoms with van der Waals surface area (Å²) in [7, 11) is 0. The van der Waals surface area contributed by atoms with Crippen LogP contribution < -0.4 is 5.32 Å². The highest BCUT2D eigenvalue weighted by Gasteiger charge is 2.53. The van der Waals surface area contributed by atoms with E-state index in [-0.39, 0.29) is 11.3 Å². The van der Waals surface area contributed by atoms with Crippen LogP contribution in [-0.4, -0.2) is 10.9 Å². The van der Waals surface area contributed by atoms with E-state index >= 15 is 0 Å². The zero-order valence-electron chi connectivity index (χ0n) is 14.7. The number of hydrogen-bond donors (Lipinski definition) is 1. The van der Waals surface area contributed by atoms with Crippen LogP contribution in [0.25, 0.3) is 0 Å². The highest BCUT2D eigenvalue weighted by molar-refractivity contribution is 7.15. The van der Waals surface area contributed by atoms with E-state index in [1.807, 2.05) is 20.8 Å². The van der Waals surface area contributed by atoms with Crippen LogP contribution in [0.1, 0.15) is 69.9 Å². The van der Waals surface area contributed by atoms with Gasteiger partial charge in [0.05, 0.1) is 5.69 Å². The number of carbonyl (C=O) groups is 1. The number of anilines is 1. The van der Waals surface area contributed by atoms with Gasteiger partial charge in [0, 0.05) is 15.7 Å². The van der Waals surface area contributed by atoms with Crippen LogP contribution in [0.15, 0.2) is 0 Å². The number of carbonyl (C=O) groups excluding carboxylic acids is 1. The second-order valence-corrected chi connectivity index (χ2v) is 10.5. The van der Waals surface area contributed by atoms with Crippen molar-refractivity contribution in [3.63, 3.8) is 0 Å². The van der Waals surface area contributed by atoms with Gasteiger partial charge in [-0.3, -0.25) is 4.79 Å². The van der Waals surface area contributed by atoms with E-state index < -0.39 is 0 Å². The first-order valence-electron chi connectivity index (χ1n) is 9.04. The maximum atomic E-state index is 12.3. The van der Waals surface area contributed by atoms with Crippen molar-refractivity contribution in [1.29, 1.82) is 0 Å². The van der Waals surface area contributed by atoms with E-state index in [0.29, 0.717) is 5.41 Å². The van der Waals surface area contributed by atoms with Crippen molar-refractivity contribution in [3.8, 4) is 0 Å². The van der Waals surface area contributed by atoms with Gasteiger partial charge in [-0.2, -0.15) is 0 Å². The molecule has 0 unspecified atom stereocenters. The zero-order valence-corrected chi connectivity index (χ0v) is 15.6. The van der Waals surface area contributed by atoms with Gasteiger partial charge in [0.1, 0.15) is 0 Å². The lowest BCUT2D eigenvalue weighted by Gasteiger charge is -2.56. The second-order valence-electron chi connectivity index (χ2n) is 9.33. The number of aromatic nitrogens is 1. The van der Waals surface area contributed by atoms with E-state index in [4.69, 9.17) is 4.98 Å². The Bertz CT molecular complexity index is 605. The Morgan fingerprint density at radius 2 is 1.65 bits per heavy atom. The Balaban J connectivity index is 1.62. The fraction of sp³-hybridized carbons (Fsp3) is 0.789. The molecule has 0 atom stereocenters. The number of nitrogens with zero attached hydrogens (tertiary/aromatic N) is 1. The summed E-state index contributed by atoms with van der Waals surface area (Å²) >= 11 is 1.66. The minimum atomic E-state index is -0.375. The van der Waals surface area contributed by atoms with E-state index in [1.54, 1.807) is 11.3 Å². The van der Waals surface area contributed by atoms with Crippen molar-refractivity contribution < 1.29 is 4.79 Å². The molecule has 23 heavy (non-hydrogen) atoms. The predicted octanol–water partition coefficient (Wildman–Crippen LogP) is 4.90. The van der Waals surface area contributed by atoms with Crippen LogP contribution >= 0.6 is 11.3 Å². The third kappa shape index (κ3) is 2.63. The quantitative estimate of drug-likeness (QED) is 0.836. The molecule has 4 bridgehead atoms. The van der Waals surface area contributed by atoms with Gasteiger partial charge in [-0.25, -0.2) is 4.98 Å². The summed E-state index contributed by atoms with van der Waals surface area (Å²) < 4.78 is 0. The minimum Gasteiger partial charge on any atom is -0.302 e. The molecule has 1 aromatic heterocycles. The molecule has 0 aromatic carbocycles. The summed E-state index contributed by atoms with van der Waals surface area (Å²) in [5, 5.41) is 3.84. The Morgan fingerprint density at radius 3 is 2.13 bits per heavy atom. The molecule has 4 aliphatic carbocycles. The monoisotopic (exact) mass is 332 g/mol. The van der Waals surface area contributed by atoms with Crippen LogP contribution in [-0.2, 0) is 10.2 Å². The molecule has 1 heterocycles. The van der Waals surface area contributed by atoms with Crippen LogP contribution in [0.4, 0.5) is 5.13 Å².